The van der Waals surface area contributed by atoms with Gasteiger partial charge >= 0.3 is 5.97 Å². The normalized spacial score (nSPS) is 14.9. The molecule has 0 radical (unpaired) electrons. The first-order chi connectivity index (χ1) is 19.0. The summed E-state index contributed by atoms with van der Waals surface area (Å²) in [5, 5.41) is 20.3. The van der Waals surface area contributed by atoms with Gasteiger partial charge in [-0.15, -0.1) is 0 Å². The standard InChI is InChI=1S/C25H35N7O7S/c1-17-15-19-5-3-7-21(23(19)28-16-17)40(37,38)30-20(6-4-12-27-25(26)29-32(35)36)24(34)31-13-10-18(11-14-31)8-9-22(33)39-2/h3,5,7,15-16,18,20,30H,4,6,8-14H2,1-2H3,(H3,26,27,29). The van der Waals surface area contributed by atoms with Gasteiger partial charge in [-0.05, 0) is 62.6 Å². The number of methoxy groups -OCH3 is 1. The maximum Gasteiger partial charge on any atom is 0.305 e. The Bertz CT molecular complexity index is 1340. The van der Waals surface area contributed by atoms with Gasteiger partial charge in [0.05, 0.1) is 12.6 Å². The third kappa shape index (κ3) is 8.58. The number of nitro groups is 1. The topological polar surface area (TPSA) is 197 Å². The number of aryl methyl sites for hydroxylation is 1. The van der Waals surface area contributed by atoms with E-state index in [2.05, 4.69) is 15.0 Å². The van der Waals surface area contributed by atoms with Crippen LogP contribution in [0.4, 0.5) is 0 Å². The minimum Gasteiger partial charge on any atom is -0.469 e. The van der Waals surface area contributed by atoms with Crippen molar-refractivity contribution in [3.63, 3.8) is 0 Å². The van der Waals surface area contributed by atoms with Crippen LogP contribution >= 0.6 is 0 Å². The largest absolute Gasteiger partial charge is 0.469 e. The maximum absolute atomic E-state index is 13.6. The second kappa shape index (κ2) is 14.0. The summed E-state index contributed by atoms with van der Waals surface area (Å²) >= 11 is 0. The third-order valence-corrected chi connectivity index (χ3v) is 8.28. The summed E-state index contributed by atoms with van der Waals surface area (Å²) in [4.78, 5) is 41.4. The van der Waals surface area contributed by atoms with Crippen molar-refractivity contribution in [3.05, 3.63) is 46.1 Å². The lowest BCUT2D eigenvalue weighted by Gasteiger charge is -2.34. The van der Waals surface area contributed by atoms with E-state index in [1.807, 2.05) is 13.0 Å². The molecule has 1 aliphatic rings. The fourth-order valence-corrected chi connectivity index (χ4v) is 6.08. The molecule has 1 unspecified atom stereocenters. The van der Waals surface area contributed by atoms with Crippen LogP contribution in [0, 0.1) is 28.4 Å². The SMILES string of the molecule is COC(=O)CCC1CCN(C(=O)C(CCCNC(=N)N[N+](=O)[O-])NS(=O)(=O)c2cccc3cc(C)cnc23)CC1. The highest BCUT2D eigenvalue weighted by Gasteiger charge is 2.32. The molecule has 4 N–H and O–H groups in total. The lowest BCUT2D eigenvalue weighted by Crippen LogP contribution is -2.51. The summed E-state index contributed by atoms with van der Waals surface area (Å²) in [5.41, 5.74) is 2.85. The van der Waals surface area contributed by atoms with Crippen molar-refractivity contribution >= 4 is 38.8 Å². The second-order valence-corrected chi connectivity index (χ2v) is 11.4. The molecule has 218 valence electrons. The first-order valence-electron chi connectivity index (χ1n) is 13.0. The highest BCUT2D eigenvalue weighted by molar-refractivity contribution is 7.89. The molecule has 1 aromatic carbocycles. The van der Waals surface area contributed by atoms with Crippen LogP contribution in [0.2, 0.25) is 0 Å². The molecule has 1 amide bonds. The average Bonchev–Trinajstić information content (AvgIpc) is 2.92. The van der Waals surface area contributed by atoms with Gasteiger partial charge < -0.3 is 15.0 Å². The fraction of sp³-hybridized carbons (Fsp3) is 0.520. The van der Waals surface area contributed by atoms with E-state index in [1.54, 1.807) is 28.7 Å². The summed E-state index contributed by atoms with van der Waals surface area (Å²) < 4.78 is 34.3. The number of benzene rings is 1. The fourth-order valence-electron chi connectivity index (χ4n) is 4.68. The zero-order chi connectivity index (χ0) is 29.3. The minimum atomic E-state index is -4.16. The summed E-state index contributed by atoms with van der Waals surface area (Å²) in [6.45, 7) is 2.81. The van der Waals surface area contributed by atoms with Gasteiger partial charge in [0.15, 0.2) is 5.03 Å². The van der Waals surface area contributed by atoms with E-state index in [0.29, 0.717) is 49.7 Å². The number of sulfonamides is 1. The lowest BCUT2D eigenvalue weighted by atomic mass is 9.92. The molecule has 40 heavy (non-hydrogen) atoms. The number of para-hydroxylation sites is 1. The van der Waals surface area contributed by atoms with Gasteiger partial charge in [0.25, 0.3) is 5.96 Å². The highest BCUT2D eigenvalue weighted by atomic mass is 32.2. The predicted octanol–water partition coefficient (Wildman–Crippen LogP) is 1.47. The van der Waals surface area contributed by atoms with Crippen molar-refractivity contribution in [2.24, 2.45) is 5.92 Å². The molecule has 1 fully saturated rings. The Hall–Kier alpha value is -3.85. The Balaban J connectivity index is 1.73. The molecule has 3 rings (SSSR count). The molecule has 1 atom stereocenters. The predicted molar refractivity (Wildman–Crippen MR) is 146 cm³/mol. The van der Waals surface area contributed by atoms with Crippen LogP contribution in [-0.2, 0) is 24.3 Å². The van der Waals surface area contributed by atoms with Crippen molar-refractivity contribution in [1.29, 1.82) is 5.41 Å². The molecular weight excluding hydrogens is 542 g/mol. The smallest absolute Gasteiger partial charge is 0.305 e. The number of hydrazine groups is 1. The molecule has 1 aromatic heterocycles. The minimum absolute atomic E-state index is 0.0422. The van der Waals surface area contributed by atoms with Gasteiger partial charge in [-0.25, -0.2) is 18.5 Å². The molecule has 0 bridgehead atoms. The number of likely N-dealkylation sites (tertiary alicyclic amines) is 1. The average molecular weight is 578 g/mol. The number of hydrogen-bond acceptors (Lipinski definition) is 9. The number of ether oxygens (including phenoxy) is 1. The van der Waals surface area contributed by atoms with E-state index in [4.69, 9.17) is 10.1 Å². The van der Waals surface area contributed by atoms with Crippen molar-refractivity contribution in [1.82, 2.24) is 25.3 Å². The molecule has 0 aliphatic carbocycles. The third-order valence-electron chi connectivity index (χ3n) is 6.78. The number of aromatic nitrogens is 1. The van der Waals surface area contributed by atoms with E-state index in [1.165, 1.54) is 13.2 Å². The maximum atomic E-state index is 13.6. The van der Waals surface area contributed by atoms with Crippen LogP contribution in [0.3, 0.4) is 0 Å². The number of nitrogens with zero attached hydrogens (tertiary/aromatic N) is 3. The summed E-state index contributed by atoms with van der Waals surface area (Å²) in [6, 6.07) is 5.55. The number of pyridine rings is 1. The van der Waals surface area contributed by atoms with Crippen LogP contribution in [0.1, 0.15) is 44.1 Å². The lowest BCUT2D eigenvalue weighted by molar-refractivity contribution is -0.525. The van der Waals surface area contributed by atoms with E-state index in [0.717, 1.165) is 5.56 Å². The van der Waals surface area contributed by atoms with E-state index in [9.17, 15) is 28.1 Å². The van der Waals surface area contributed by atoms with E-state index >= 15 is 0 Å². The quantitative estimate of drug-likeness (QED) is 0.0716. The van der Waals surface area contributed by atoms with Crippen molar-refractivity contribution in [2.75, 3.05) is 26.7 Å². The Labute approximate surface area is 232 Å². The molecule has 14 nitrogen and oxygen atoms in total. The number of nitrogens with one attached hydrogen (secondary N) is 4. The molecule has 1 aliphatic heterocycles. The highest BCUT2D eigenvalue weighted by Crippen LogP contribution is 2.25. The summed E-state index contributed by atoms with van der Waals surface area (Å²) in [5.74, 6) is -0.911. The Kier molecular flexibility index (Phi) is 10.7. The number of fused-ring (bicyclic) bond motifs is 1. The summed E-state index contributed by atoms with van der Waals surface area (Å²) in [7, 11) is -2.81. The monoisotopic (exact) mass is 577 g/mol. The molecular formula is C25H35N7O7S. The Morgan fingerprint density at radius 3 is 2.70 bits per heavy atom. The van der Waals surface area contributed by atoms with Crippen LogP contribution in [0.25, 0.3) is 10.9 Å². The van der Waals surface area contributed by atoms with Crippen molar-refractivity contribution in [2.45, 2.75) is 56.4 Å². The Morgan fingerprint density at radius 1 is 1.30 bits per heavy atom. The first kappa shape index (κ1) is 30.7. The number of piperidine rings is 1. The van der Waals surface area contributed by atoms with Gasteiger partial charge in [0.2, 0.25) is 15.9 Å². The first-order valence-corrected chi connectivity index (χ1v) is 14.4. The number of rotatable bonds is 12. The van der Waals surface area contributed by atoms with Crippen molar-refractivity contribution in [3.8, 4) is 0 Å². The molecule has 1 saturated heterocycles. The second-order valence-electron chi connectivity index (χ2n) is 9.71. The zero-order valence-electron chi connectivity index (χ0n) is 22.5. The molecule has 15 heteroatoms. The van der Waals surface area contributed by atoms with Gasteiger partial charge in [-0.1, -0.05) is 17.6 Å². The molecule has 0 saturated carbocycles. The molecule has 2 heterocycles. The van der Waals surface area contributed by atoms with Crippen LogP contribution in [0.5, 0.6) is 0 Å². The van der Waals surface area contributed by atoms with Crippen LogP contribution in [0.15, 0.2) is 35.4 Å². The van der Waals surface area contributed by atoms with Crippen LogP contribution < -0.4 is 15.5 Å². The molecule has 2 aromatic rings. The summed E-state index contributed by atoms with van der Waals surface area (Å²) in [6.07, 6.45) is 4.26. The molecule has 0 spiro atoms. The number of guanidine groups is 1. The number of carbonyl (C=O) groups excluding carboxylic acids is 2. The van der Waals surface area contributed by atoms with Crippen molar-refractivity contribution < 1.29 is 27.8 Å². The zero-order valence-corrected chi connectivity index (χ0v) is 23.3. The number of carbonyl (C=O) groups is 2. The Morgan fingerprint density at radius 2 is 2.02 bits per heavy atom. The number of esters is 1. The van der Waals surface area contributed by atoms with Crippen LogP contribution in [-0.4, -0.2) is 74.0 Å². The van der Waals surface area contributed by atoms with Gasteiger partial charge in [-0.2, -0.15) is 4.72 Å². The van der Waals surface area contributed by atoms with Gasteiger partial charge in [0, 0.05) is 37.6 Å². The van der Waals surface area contributed by atoms with E-state index < -0.39 is 27.1 Å². The van der Waals surface area contributed by atoms with Gasteiger partial charge in [-0.3, -0.25) is 20.0 Å². The van der Waals surface area contributed by atoms with Gasteiger partial charge in [0.1, 0.15) is 10.9 Å². The number of hydrogen-bond donors (Lipinski definition) is 4. The van der Waals surface area contributed by atoms with E-state index in [-0.39, 0.29) is 42.1 Å². The number of amides is 1.